The largest absolute Gasteiger partial charge is 0.478 e. The number of nitrogen functional groups attached to an aromatic ring is 1. The van der Waals surface area contributed by atoms with Crippen molar-refractivity contribution < 1.29 is 14.3 Å². The molecule has 2 aromatic rings. The molecule has 100 valence electrons. The SMILES string of the molecule is N#Cc1cc(F)ccc1Nc1ncc(C(=O)O)cc1N. The molecular formula is C13H9FN4O2. The van der Waals surface area contributed by atoms with Crippen LogP contribution in [0, 0.1) is 17.1 Å². The molecule has 0 bridgehead atoms. The molecule has 6 nitrogen and oxygen atoms in total. The van der Waals surface area contributed by atoms with Crippen molar-refractivity contribution in [3.63, 3.8) is 0 Å². The molecule has 0 spiro atoms. The molecule has 2 rings (SSSR count). The minimum absolute atomic E-state index is 0.0485. The van der Waals surface area contributed by atoms with E-state index in [0.29, 0.717) is 5.69 Å². The van der Waals surface area contributed by atoms with Gasteiger partial charge in [-0.2, -0.15) is 5.26 Å². The van der Waals surface area contributed by atoms with Crippen molar-refractivity contribution in [1.82, 2.24) is 4.98 Å². The first-order valence-corrected chi connectivity index (χ1v) is 5.46. The molecule has 4 N–H and O–H groups in total. The van der Waals surface area contributed by atoms with E-state index in [0.717, 1.165) is 12.3 Å². The van der Waals surface area contributed by atoms with Gasteiger partial charge >= 0.3 is 5.97 Å². The summed E-state index contributed by atoms with van der Waals surface area (Å²) in [6.07, 6.45) is 1.14. The molecule has 20 heavy (non-hydrogen) atoms. The fraction of sp³-hybridized carbons (Fsp3) is 0. The second-order valence-corrected chi connectivity index (χ2v) is 3.89. The van der Waals surface area contributed by atoms with Gasteiger partial charge in [0, 0.05) is 6.20 Å². The Hall–Kier alpha value is -3.14. The summed E-state index contributed by atoms with van der Waals surface area (Å²) in [6.45, 7) is 0. The van der Waals surface area contributed by atoms with E-state index in [1.54, 1.807) is 0 Å². The van der Waals surface area contributed by atoms with Gasteiger partial charge in [0.25, 0.3) is 0 Å². The van der Waals surface area contributed by atoms with Crippen LogP contribution in [0.1, 0.15) is 15.9 Å². The van der Waals surface area contributed by atoms with Crippen LogP contribution in [0.25, 0.3) is 0 Å². The summed E-state index contributed by atoms with van der Waals surface area (Å²) in [5, 5.41) is 20.5. The molecule has 0 aliphatic heterocycles. The van der Waals surface area contributed by atoms with Crippen molar-refractivity contribution >= 4 is 23.2 Å². The van der Waals surface area contributed by atoms with Crippen molar-refractivity contribution in [3.05, 3.63) is 47.4 Å². The number of nitrogens with two attached hydrogens (primary N) is 1. The van der Waals surface area contributed by atoms with Crippen LogP contribution in [0.4, 0.5) is 21.6 Å². The lowest BCUT2D eigenvalue weighted by Crippen LogP contribution is -2.04. The van der Waals surface area contributed by atoms with Gasteiger partial charge in [-0.15, -0.1) is 0 Å². The van der Waals surface area contributed by atoms with Gasteiger partial charge in [0.05, 0.1) is 22.5 Å². The van der Waals surface area contributed by atoms with Gasteiger partial charge in [-0.25, -0.2) is 14.2 Å². The Morgan fingerprint density at radius 2 is 2.20 bits per heavy atom. The highest BCUT2D eigenvalue weighted by Gasteiger charge is 2.10. The predicted molar refractivity (Wildman–Crippen MR) is 70.0 cm³/mol. The van der Waals surface area contributed by atoms with Crippen LogP contribution in [-0.4, -0.2) is 16.1 Å². The second kappa shape index (κ2) is 5.24. The van der Waals surface area contributed by atoms with E-state index < -0.39 is 11.8 Å². The van der Waals surface area contributed by atoms with E-state index in [1.807, 2.05) is 6.07 Å². The number of carboxylic acids is 1. The maximum Gasteiger partial charge on any atom is 0.337 e. The second-order valence-electron chi connectivity index (χ2n) is 3.89. The van der Waals surface area contributed by atoms with Gasteiger partial charge in [0.2, 0.25) is 0 Å². The standard InChI is InChI=1S/C13H9FN4O2/c14-9-1-2-11(7(3-9)5-15)18-12-10(16)4-8(6-17-12)13(19)20/h1-4,6H,16H2,(H,17,18)(H,19,20). The average Bonchev–Trinajstić information content (AvgIpc) is 2.42. The molecule has 0 radical (unpaired) electrons. The molecule has 0 fully saturated rings. The topological polar surface area (TPSA) is 112 Å². The number of carbonyl (C=O) groups is 1. The molecule has 7 heteroatoms. The van der Waals surface area contributed by atoms with E-state index >= 15 is 0 Å². The molecule has 0 unspecified atom stereocenters. The lowest BCUT2D eigenvalue weighted by molar-refractivity contribution is 0.0696. The molecule has 0 aliphatic rings. The Morgan fingerprint density at radius 3 is 2.80 bits per heavy atom. The summed E-state index contributed by atoms with van der Waals surface area (Å²) in [7, 11) is 0. The summed E-state index contributed by atoms with van der Waals surface area (Å²) >= 11 is 0. The first-order valence-electron chi connectivity index (χ1n) is 5.46. The zero-order valence-corrected chi connectivity index (χ0v) is 10.1. The van der Waals surface area contributed by atoms with Crippen molar-refractivity contribution in [3.8, 4) is 6.07 Å². The number of carboxylic acid groups (broad SMARTS) is 1. The number of anilines is 3. The number of hydrogen-bond donors (Lipinski definition) is 3. The molecular weight excluding hydrogens is 263 g/mol. The number of rotatable bonds is 3. The molecule has 0 saturated heterocycles. The predicted octanol–water partition coefficient (Wildman–Crippen LogP) is 2.12. The first-order chi connectivity index (χ1) is 9.51. The minimum Gasteiger partial charge on any atom is -0.478 e. The quantitative estimate of drug-likeness (QED) is 0.788. The summed E-state index contributed by atoms with van der Waals surface area (Å²) in [4.78, 5) is 14.6. The number of nitriles is 1. The zero-order valence-electron chi connectivity index (χ0n) is 10.1. The van der Waals surface area contributed by atoms with Crippen molar-refractivity contribution in [2.45, 2.75) is 0 Å². The van der Waals surface area contributed by atoms with E-state index in [1.165, 1.54) is 18.2 Å². The van der Waals surface area contributed by atoms with Gasteiger partial charge in [-0.3, -0.25) is 0 Å². The summed E-state index contributed by atoms with van der Waals surface area (Å²) in [5.41, 5.74) is 6.17. The van der Waals surface area contributed by atoms with Crippen LogP contribution in [0.2, 0.25) is 0 Å². The number of nitrogens with zero attached hydrogens (tertiary/aromatic N) is 2. The third kappa shape index (κ3) is 2.64. The molecule has 0 saturated carbocycles. The van der Waals surface area contributed by atoms with Gasteiger partial charge in [0.1, 0.15) is 11.9 Å². The summed E-state index contributed by atoms with van der Waals surface area (Å²) in [5.74, 6) is -1.48. The lowest BCUT2D eigenvalue weighted by atomic mass is 10.2. The van der Waals surface area contributed by atoms with Gasteiger partial charge in [0.15, 0.2) is 5.82 Å². The van der Waals surface area contributed by atoms with E-state index in [4.69, 9.17) is 16.1 Å². The zero-order chi connectivity index (χ0) is 14.7. The maximum absolute atomic E-state index is 13.0. The number of benzene rings is 1. The van der Waals surface area contributed by atoms with Crippen LogP contribution in [0.5, 0.6) is 0 Å². The highest BCUT2D eigenvalue weighted by atomic mass is 19.1. The van der Waals surface area contributed by atoms with Crippen LogP contribution in [0.15, 0.2) is 30.5 Å². The first kappa shape index (κ1) is 13.3. The smallest absolute Gasteiger partial charge is 0.337 e. The van der Waals surface area contributed by atoms with Crippen molar-refractivity contribution in [2.24, 2.45) is 0 Å². The minimum atomic E-state index is -1.14. The van der Waals surface area contributed by atoms with Gasteiger partial charge in [-0.1, -0.05) is 0 Å². The van der Waals surface area contributed by atoms with Crippen LogP contribution in [-0.2, 0) is 0 Å². The van der Waals surface area contributed by atoms with Crippen LogP contribution >= 0.6 is 0 Å². The highest BCUT2D eigenvalue weighted by Crippen LogP contribution is 2.24. The maximum atomic E-state index is 13.0. The fourth-order valence-electron chi connectivity index (χ4n) is 1.55. The van der Waals surface area contributed by atoms with Crippen LogP contribution in [0.3, 0.4) is 0 Å². The monoisotopic (exact) mass is 272 g/mol. The molecule has 0 atom stereocenters. The highest BCUT2D eigenvalue weighted by molar-refractivity contribution is 5.89. The molecule has 1 aromatic heterocycles. The summed E-state index contributed by atoms with van der Waals surface area (Å²) < 4.78 is 13.0. The van der Waals surface area contributed by atoms with Crippen LogP contribution < -0.4 is 11.1 Å². The third-order valence-corrected chi connectivity index (χ3v) is 2.52. The van der Waals surface area contributed by atoms with Gasteiger partial charge in [-0.05, 0) is 24.3 Å². The Labute approximate surface area is 113 Å². The Balaban J connectivity index is 2.36. The van der Waals surface area contributed by atoms with E-state index in [9.17, 15) is 9.18 Å². The number of pyridine rings is 1. The van der Waals surface area contributed by atoms with Crippen molar-refractivity contribution in [1.29, 1.82) is 5.26 Å². The molecule has 0 amide bonds. The normalized spacial score (nSPS) is 9.80. The number of halogens is 1. The molecule has 1 aromatic carbocycles. The Kier molecular flexibility index (Phi) is 3.48. The number of aromatic nitrogens is 1. The van der Waals surface area contributed by atoms with Gasteiger partial charge < -0.3 is 16.2 Å². The van der Waals surface area contributed by atoms with Crippen molar-refractivity contribution in [2.75, 3.05) is 11.1 Å². The Morgan fingerprint density at radius 1 is 1.45 bits per heavy atom. The Bertz CT molecular complexity index is 725. The lowest BCUT2D eigenvalue weighted by Gasteiger charge is -2.10. The number of aromatic carboxylic acids is 1. The fourth-order valence-corrected chi connectivity index (χ4v) is 1.55. The van der Waals surface area contributed by atoms with E-state index in [2.05, 4.69) is 10.3 Å². The molecule has 0 aliphatic carbocycles. The average molecular weight is 272 g/mol. The summed E-state index contributed by atoms with van der Waals surface area (Å²) in [6, 6.07) is 6.72. The molecule has 1 heterocycles. The van der Waals surface area contributed by atoms with E-state index in [-0.39, 0.29) is 22.6 Å². The number of hydrogen-bond acceptors (Lipinski definition) is 5. The number of nitrogens with one attached hydrogen (secondary N) is 1. The third-order valence-electron chi connectivity index (χ3n) is 2.52.